The molecule has 2 aromatic rings. The van der Waals surface area contributed by atoms with Crippen LogP contribution in [0, 0.1) is 0 Å². The maximum Gasteiger partial charge on any atom is 0.114 e. The van der Waals surface area contributed by atoms with Crippen molar-refractivity contribution in [2.75, 3.05) is 5.73 Å². The summed E-state index contributed by atoms with van der Waals surface area (Å²) in [6, 6.07) is 8.19. The van der Waals surface area contributed by atoms with Gasteiger partial charge in [0.25, 0.3) is 0 Å². The van der Waals surface area contributed by atoms with E-state index in [1.165, 1.54) is 30.7 Å². The van der Waals surface area contributed by atoms with Gasteiger partial charge in [-0.05, 0) is 25.0 Å². The summed E-state index contributed by atoms with van der Waals surface area (Å²) in [5.74, 6) is 0.640. The van der Waals surface area contributed by atoms with Crippen LogP contribution < -0.4 is 5.73 Å². The molecule has 0 spiro atoms. The van der Waals surface area contributed by atoms with Crippen molar-refractivity contribution in [3.63, 3.8) is 0 Å². The highest BCUT2D eigenvalue weighted by Crippen LogP contribution is 2.40. The van der Waals surface area contributed by atoms with Crippen LogP contribution in [0.1, 0.15) is 36.6 Å². The smallest absolute Gasteiger partial charge is 0.114 e. The summed E-state index contributed by atoms with van der Waals surface area (Å²) in [6.45, 7) is 0. The van der Waals surface area contributed by atoms with Gasteiger partial charge in [0, 0.05) is 16.0 Å². The second-order valence-corrected chi connectivity index (χ2v) is 6.73. The average Bonchev–Trinajstić information content (AvgIpc) is 2.99. The zero-order valence-electron chi connectivity index (χ0n) is 10.0. The number of nitrogen functional groups attached to an aromatic ring is 1. The van der Waals surface area contributed by atoms with E-state index in [1.54, 1.807) is 11.3 Å². The first-order valence-electron chi connectivity index (χ1n) is 6.26. The minimum Gasteiger partial charge on any atom is -0.389 e. The lowest BCUT2D eigenvalue weighted by atomic mass is 10.1. The Hall–Kier alpha value is -0.870. The van der Waals surface area contributed by atoms with E-state index in [9.17, 15) is 0 Å². The molecule has 94 valence electrons. The molecule has 1 saturated carbocycles. The minimum atomic E-state index is 0.640. The van der Waals surface area contributed by atoms with Crippen LogP contribution >= 0.6 is 27.3 Å². The summed E-state index contributed by atoms with van der Waals surface area (Å²) in [5.41, 5.74) is 8.18. The first kappa shape index (κ1) is 12.2. The van der Waals surface area contributed by atoms with Gasteiger partial charge in [0.15, 0.2) is 0 Å². The number of hydrogen-bond acceptors (Lipinski definition) is 3. The number of anilines is 1. The van der Waals surface area contributed by atoms with Crippen molar-refractivity contribution in [3.8, 4) is 11.3 Å². The summed E-state index contributed by atoms with van der Waals surface area (Å²) in [7, 11) is 0. The fraction of sp³-hybridized carbons (Fsp3) is 0.357. The van der Waals surface area contributed by atoms with Crippen LogP contribution in [-0.4, -0.2) is 4.98 Å². The van der Waals surface area contributed by atoms with Gasteiger partial charge >= 0.3 is 0 Å². The van der Waals surface area contributed by atoms with E-state index in [0.29, 0.717) is 5.92 Å². The quantitative estimate of drug-likeness (QED) is 0.861. The van der Waals surface area contributed by atoms with Crippen LogP contribution in [0.3, 0.4) is 0 Å². The summed E-state index contributed by atoms with van der Waals surface area (Å²) in [6.07, 6.45) is 5.20. The van der Waals surface area contributed by atoms with Gasteiger partial charge in [0.05, 0.1) is 5.01 Å². The Balaban J connectivity index is 1.94. The molecule has 3 rings (SSSR count). The van der Waals surface area contributed by atoms with Gasteiger partial charge in [-0.3, -0.25) is 0 Å². The number of hydrogen-bond donors (Lipinski definition) is 1. The summed E-state index contributed by atoms with van der Waals surface area (Å²) < 4.78 is 1.08. The molecule has 2 nitrogen and oxygen atoms in total. The van der Waals surface area contributed by atoms with Gasteiger partial charge in [-0.1, -0.05) is 40.9 Å². The molecular weight excluding hydrogens is 308 g/mol. The number of thiazole rings is 1. The van der Waals surface area contributed by atoms with Gasteiger partial charge in [-0.2, -0.15) is 0 Å². The van der Waals surface area contributed by atoms with Crippen molar-refractivity contribution in [2.24, 2.45) is 0 Å². The Morgan fingerprint density at radius 3 is 2.50 bits per heavy atom. The number of halogens is 1. The van der Waals surface area contributed by atoms with Gasteiger partial charge in [-0.15, -0.1) is 11.3 Å². The molecule has 18 heavy (non-hydrogen) atoms. The maximum absolute atomic E-state index is 6.12. The van der Waals surface area contributed by atoms with Crippen molar-refractivity contribution in [1.29, 1.82) is 0 Å². The Bertz CT molecular complexity index is 541. The van der Waals surface area contributed by atoms with E-state index in [-0.39, 0.29) is 0 Å². The summed E-state index contributed by atoms with van der Waals surface area (Å²) in [5, 5.41) is 2.07. The Labute approximate surface area is 119 Å². The summed E-state index contributed by atoms with van der Waals surface area (Å²) in [4.78, 5) is 4.77. The van der Waals surface area contributed by atoms with E-state index >= 15 is 0 Å². The van der Waals surface area contributed by atoms with Crippen LogP contribution in [0.4, 0.5) is 5.00 Å². The Kier molecular flexibility index (Phi) is 3.39. The third kappa shape index (κ3) is 2.31. The van der Waals surface area contributed by atoms with Crippen LogP contribution in [0.15, 0.2) is 28.7 Å². The van der Waals surface area contributed by atoms with E-state index < -0.39 is 0 Å². The Morgan fingerprint density at radius 1 is 1.17 bits per heavy atom. The molecule has 4 heteroatoms. The topological polar surface area (TPSA) is 38.9 Å². The van der Waals surface area contributed by atoms with Crippen LogP contribution in [0.5, 0.6) is 0 Å². The highest BCUT2D eigenvalue weighted by Gasteiger charge is 2.22. The molecule has 1 aromatic carbocycles. The molecule has 1 aliphatic carbocycles. The molecule has 2 N–H and O–H groups in total. The van der Waals surface area contributed by atoms with Crippen molar-refractivity contribution in [3.05, 3.63) is 33.7 Å². The van der Waals surface area contributed by atoms with Crippen molar-refractivity contribution in [1.82, 2.24) is 4.98 Å². The van der Waals surface area contributed by atoms with Gasteiger partial charge in [0.2, 0.25) is 0 Å². The first-order valence-corrected chi connectivity index (χ1v) is 7.87. The number of benzene rings is 1. The molecule has 0 bridgehead atoms. The second-order valence-electron chi connectivity index (χ2n) is 4.75. The number of rotatable bonds is 2. The highest BCUT2D eigenvalue weighted by atomic mass is 79.9. The van der Waals surface area contributed by atoms with Gasteiger partial charge < -0.3 is 5.73 Å². The first-order chi connectivity index (χ1) is 8.74. The van der Waals surface area contributed by atoms with Gasteiger partial charge in [0.1, 0.15) is 10.7 Å². The lowest BCUT2D eigenvalue weighted by Crippen LogP contribution is -1.91. The normalized spacial score (nSPS) is 16.3. The fourth-order valence-electron chi connectivity index (χ4n) is 2.51. The molecule has 0 amide bonds. The molecule has 0 aliphatic heterocycles. The highest BCUT2D eigenvalue weighted by molar-refractivity contribution is 9.10. The third-order valence-electron chi connectivity index (χ3n) is 3.49. The largest absolute Gasteiger partial charge is 0.389 e. The predicted octanol–water partition coefficient (Wildman–Crippen LogP) is 4.81. The minimum absolute atomic E-state index is 0.640. The number of nitrogens with two attached hydrogens (primary N) is 1. The van der Waals surface area contributed by atoms with E-state index in [0.717, 1.165) is 20.7 Å². The lowest BCUT2D eigenvalue weighted by Gasteiger charge is -2.02. The number of nitrogens with zero attached hydrogens (tertiary/aromatic N) is 1. The van der Waals surface area contributed by atoms with Crippen molar-refractivity contribution in [2.45, 2.75) is 31.6 Å². The standard InChI is InChI=1S/C14H15BrN2S/c15-11-7-5-9(6-8-11)12-13(16)18-14(17-12)10-3-1-2-4-10/h5-8,10H,1-4,16H2. The third-order valence-corrected chi connectivity index (χ3v) is 5.07. The summed E-state index contributed by atoms with van der Waals surface area (Å²) >= 11 is 5.11. The van der Waals surface area contributed by atoms with E-state index in [2.05, 4.69) is 28.1 Å². The molecule has 0 saturated heterocycles. The van der Waals surface area contributed by atoms with Crippen LogP contribution in [0.25, 0.3) is 11.3 Å². The van der Waals surface area contributed by atoms with Crippen molar-refractivity contribution < 1.29 is 0 Å². The number of aromatic nitrogens is 1. The van der Waals surface area contributed by atoms with Crippen LogP contribution in [0.2, 0.25) is 0 Å². The maximum atomic E-state index is 6.12. The van der Waals surface area contributed by atoms with Crippen molar-refractivity contribution >= 4 is 32.3 Å². The molecule has 1 aromatic heterocycles. The molecule has 1 heterocycles. The fourth-order valence-corrected chi connectivity index (χ4v) is 3.80. The molecule has 0 radical (unpaired) electrons. The SMILES string of the molecule is Nc1sc(C2CCCC2)nc1-c1ccc(Br)cc1. The van der Waals surface area contributed by atoms with Crippen LogP contribution in [-0.2, 0) is 0 Å². The Morgan fingerprint density at radius 2 is 1.83 bits per heavy atom. The molecule has 0 atom stereocenters. The predicted molar refractivity (Wildman–Crippen MR) is 80.9 cm³/mol. The monoisotopic (exact) mass is 322 g/mol. The van der Waals surface area contributed by atoms with Gasteiger partial charge in [-0.25, -0.2) is 4.98 Å². The average molecular weight is 323 g/mol. The van der Waals surface area contributed by atoms with E-state index in [4.69, 9.17) is 10.7 Å². The molecule has 0 unspecified atom stereocenters. The zero-order chi connectivity index (χ0) is 12.5. The molecule has 1 aliphatic rings. The lowest BCUT2D eigenvalue weighted by molar-refractivity contribution is 0.717. The van der Waals surface area contributed by atoms with E-state index in [1.807, 2.05) is 12.1 Å². The zero-order valence-corrected chi connectivity index (χ0v) is 12.4. The second kappa shape index (κ2) is 5.02. The molecule has 1 fully saturated rings. The molecular formula is C14H15BrN2S.